The maximum atomic E-state index is 9.98. The molecule has 24 heavy (non-hydrogen) atoms. The summed E-state index contributed by atoms with van der Waals surface area (Å²) in [5.74, 6) is 2.54. The Morgan fingerprint density at radius 2 is 2.21 bits per heavy atom. The van der Waals surface area contributed by atoms with Gasteiger partial charge in [-0.25, -0.2) is 0 Å². The maximum Gasteiger partial charge on any atom is 0.193 e. The van der Waals surface area contributed by atoms with Crippen molar-refractivity contribution in [3.8, 4) is 11.5 Å². The van der Waals surface area contributed by atoms with Gasteiger partial charge in [-0.15, -0.1) is 0 Å². The smallest absolute Gasteiger partial charge is 0.193 e. The van der Waals surface area contributed by atoms with Crippen LogP contribution in [-0.4, -0.2) is 63.5 Å². The van der Waals surface area contributed by atoms with Gasteiger partial charge in [0.2, 0.25) is 0 Å². The number of benzene rings is 1. The average Bonchev–Trinajstić information content (AvgIpc) is 3.41. The number of methoxy groups -OCH3 is 1. The predicted molar refractivity (Wildman–Crippen MR) is 95.9 cm³/mol. The van der Waals surface area contributed by atoms with E-state index in [9.17, 15) is 5.11 Å². The van der Waals surface area contributed by atoms with Crippen molar-refractivity contribution in [3.63, 3.8) is 0 Å². The summed E-state index contributed by atoms with van der Waals surface area (Å²) in [5.41, 5.74) is 0.883. The van der Waals surface area contributed by atoms with Crippen molar-refractivity contribution in [2.24, 2.45) is 10.9 Å². The summed E-state index contributed by atoms with van der Waals surface area (Å²) in [5, 5.41) is 13.3. The Labute approximate surface area is 144 Å². The van der Waals surface area contributed by atoms with Gasteiger partial charge < -0.3 is 24.8 Å². The summed E-state index contributed by atoms with van der Waals surface area (Å²) in [7, 11) is 5.36. The number of phenolic OH excluding ortho intramolecular Hbond substituents is 1. The van der Waals surface area contributed by atoms with Gasteiger partial charge in [0.1, 0.15) is 11.5 Å². The quantitative estimate of drug-likeness (QED) is 0.410. The van der Waals surface area contributed by atoms with Crippen molar-refractivity contribution < 1.29 is 14.6 Å². The number of nitrogens with zero attached hydrogens (tertiary/aromatic N) is 2. The first kappa shape index (κ1) is 18.4. The number of likely N-dealkylation sites (N-methyl/N-ethyl adjacent to an activating group) is 1. The summed E-state index contributed by atoms with van der Waals surface area (Å²) in [4.78, 5) is 6.34. The molecule has 2 N–H and O–H groups in total. The molecule has 1 saturated carbocycles. The van der Waals surface area contributed by atoms with Gasteiger partial charge in [0, 0.05) is 39.9 Å². The van der Waals surface area contributed by atoms with Crippen LogP contribution in [0.3, 0.4) is 0 Å². The second kappa shape index (κ2) is 9.37. The molecule has 0 aliphatic heterocycles. The van der Waals surface area contributed by atoms with E-state index >= 15 is 0 Å². The molecule has 1 aromatic rings. The van der Waals surface area contributed by atoms with Crippen LogP contribution in [0.1, 0.15) is 18.4 Å². The first-order valence-electron chi connectivity index (χ1n) is 8.49. The van der Waals surface area contributed by atoms with Gasteiger partial charge in [0.25, 0.3) is 0 Å². The highest BCUT2D eigenvalue weighted by Crippen LogP contribution is 2.28. The zero-order valence-corrected chi connectivity index (χ0v) is 14.9. The molecule has 0 spiro atoms. The summed E-state index contributed by atoms with van der Waals surface area (Å²) in [6, 6.07) is 5.37. The molecule has 0 unspecified atom stereocenters. The molecule has 0 heterocycles. The van der Waals surface area contributed by atoms with Crippen LogP contribution < -0.4 is 10.1 Å². The lowest BCUT2D eigenvalue weighted by Crippen LogP contribution is -2.41. The van der Waals surface area contributed by atoms with Crippen LogP contribution in [0.15, 0.2) is 23.2 Å². The Morgan fingerprint density at radius 3 is 2.83 bits per heavy atom. The molecule has 1 aliphatic carbocycles. The molecular formula is C18H29N3O3. The fraction of sp³-hybridized carbons (Fsp3) is 0.611. The molecule has 0 radical (unpaired) electrons. The topological polar surface area (TPSA) is 66.3 Å². The van der Waals surface area contributed by atoms with Crippen molar-refractivity contribution in [1.82, 2.24) is 10.2 Å². The van der Waals surface area contributed by atoms with Crippen LogP contribution in [0.2, 0.25) is 0 Å². The van der Waals surface area contributed by atoms with E-state index in [1.807, 2.05) is 19.2 Å². The lowest BCUT2D eigenvalue weighted by atomic mass is 10.1. The van der Waals surface area contributed by atoms with Gasteiger partial charge in [0.05, 0.1) is 13.7 Å². The predicted octanol–water partition coefficient (Wildman–Crippen LogP) is 1.88. The molecule has 1 aromatic carbocycles. The van der Waals surface area contributed by atoms with Crippen molar-refractivity contribution in [3.05, 3.63) is 23.8 Å². The van der Waals surface area contributed by atoms with Crippen LogP contribution >= 0.6 is 0 Å². The standard InChI is InChI=1S/C18H29N3O3/c1-19-18(21(2)10-11-24-13-14-4-5-14)20-9-8-15-6-7-16(23-3)12-17(15)22/h6-7,12,14,22H,4-5,8-11,13H2,1-3H3,(H,19,20). The molecule has 0 saturated heterocycles. The Morgan fingerprint density at radius 1 is 1.42 bits per heavy atom. The fourth-order valence-corrected chi connectivity index (χ4v) is 2.42. The Kier molecular flexibility index (Phi) is 7.18. The number of aliphatic imine (C=N–C) groups is 1. The fourth-order valence-electron chi connectivity index (χ4n) is 2.42. The largest absolute Gasteiger partial charge is 0.508 e. The average molecular weight is 335 g/mol. The number of hydrogen-bond donors (Lipinski definition) is 2. The third kappa shape index (κ3) is 5.92. The molecule has 6 heteroatoms. The van der Waals surface area contributed by atoms with E-state index in [2.05, 4.69) is 15.2 Å². The molecule has 0 amide bonds. The van der Waals surface area contributed by atoms with Crippen LogP contribution in [0.25, 0.3) is 0 Å². The number of guanidine groups is 1. The normalized spacial score (nSPS) is 14.5. The van der Waals surface area contributed by atoms with Gasteiger partial charge in [-0.05, 0) is 36.8 Å². The van der Waals surface area contributed by atoms with Crippen LogP contribution in [0.4, 0.5) is 0 Å². The van der Waals surface area contributed by atoms with Gasteiger partial charge in [-0.3, -0.25) is 4.99 Å². The molecule has 2 rings (SSSR count). The minimum atomic E-state index is 0.257. The highest BCUT2D eigenvalue weighted by Gasteiger charge is 2.21. The van der Waals surface area contributed by atoms with E-state index in [1.165, 1.54) is 12.8 Å². The number of nitrogens with one attached hydrogen (secondary N) is 1. The minimum Gasteiger partial charge on any atom is -0.508 e. The Hall–Kier alpha value is -1.95. The second-order valence-corrected chi connectivity index (χ2v) is 6.16. The summed E-state index contributed by atoms with van der Waals surface area (Å²) in [6.45, 7) is 3.10. The molecule has 1 fully saturated rings. The van der Waals surface area contributed by atoms with E-state index < -0.39 is 0 Å². The van der Waals surface area contributed by atoms with Gasteiger partial charge in [-0.1, -0.05) is 6.07 Å². The first-order valence-corrected chi connectivity index (χ1v) is 8.49. The number of ether oxygens (including phenoxy) is 2. The third-order valence-electron chi connectivity index (χ3n) is 4.16. The van der Waals surface area contributed by atoms with E-state index in [4.69, 9.17) is 9.47 Å². The van der Waals surface area contributed by atoms with E-state index in [-0.39, 0.29) is 5.75 Å². The number of aromatic hydroxyl groups is 1. The molecular weight excluding hydrogens is 306 g/mol. The Bertz CT molecular complexity index is 544. The van der Waals surface area contributed by atoms with Gasteiger partial charge >= 0.3 is 0 Å². The third-order valence-corrected chi connectivity index (χ3v) is 4.16. The highest BCUT2D eigenvalue weighted by atomic mass is 16.5. The summed E-state index contributed by atoms with van der Waals surface area (Å²) >= 11 is 0. The molecule has 1 aliphatic rings. The van der Waals surface area contributed by atoms with E-state index in [0.717, 1.165) is 30.6 Å². The zero-order valence-electron chi connectivity index (χ0n) is 14.9. The molecule has 134 valence electrons. The van der Waals surface area contributed by atoms with E-state index in [1.54, 1.807) is 20.2 Å². The van der Waals surface area contributed by atoms with Crippen LogP contribution in [-0.2, 0) is 11.2 Å². The minimum absolute atomic E-state index is 0.257. The van der Waals surface area contributed by atoms with Crippen LogP contribution in [0, 0.1) is 5.92 Å². The Balaban J connectivity index is 1.70. The van der Waals surface area contributed by atoms with Gasteiger partial charge in [-0.2, -0.15) is 0 Å². The highest BCUT2D eigenvalue weighted by molar-refractivity contribution is 5.79. The summed E-state index contributed by atoms with van der Waals surface area (Å²) in [6.07, 6.45) is 3.34. The first-order chi connectivity index (χ1) is 11.6. The van der Waals surface area contributed by atoms with Crippen molar-refractivity contribution in [2.45, 2.75) is 19.3 Å². The van der Waals surface area contributed by atoms with Crippen molar-refractivity contribution in [1.29, 1.82) is 0 Å². The van der Waals surface area contributed by atoms with Gasteiger partial charge in [0.15, 0.2) is 5.96 Å². The second-order valence-electron chi connectivity index (χ2n) is 6.16. The summed E-state index contributed by atoms with van der Waals surface area (Å²) < 4.78 is 10.8. The molecule has 0 atom stereocenters. The molecule has 0 aromatic heterocycles. The van der Waals surface area contributed by atoms with E-state index in [0.29, 0.717) is 25.3 Å². The molecule has 0 bridgehead atoms. The van der Waals surface area contributed by atoms with Crippen molar-refractivity contribution in [2.75, 3.05) is 47.5 Å². The maximum absolute atomic E-state index is 9.98. The molecule has 6 nitrogen and oxygen atoms in total. The lowest BCUT2D eigenvalue weighted by molar-refractivity contribution is 0.115. The zero-order chi connectivity index (χ0) is 17.4. The monoisotopic (exact) mass is 335 g/mol. The SMILES string of the molecule is CN=C(NCCc1ccc(OC)cc1O)N(C)CCOCC1CC1. The van der Waals surface area contributed by atoms with Crippen molar-refractivity contribution >= 4 is 5.96 Å². The van der Waals surface area contributed by atoms with Crippen LogP contribution in [0.5, 0.6) is 11.5 Å². The number of hydrogen-bond acceptors (Lipinski definition) is 4. The number of rotatable bonds is 9. The number of phenols is 1. The lowest BCUT2D eigenvalue weighted by Gasteiger charge is -2.22.